The summed E-state index contributed by atoms with van der Waals surface area (Å²) in [6.07, 6.45) is 4.94. The minimum Gasteiger partial charge on any atom is -0.493 e. The summed E-state index contributed by atoms with van der Waals surface area (Å²) in [5, 5.41) is 3.52. The Labute approximate surface area is 115 Å². The van der Waals surface area contributed by atoms with Gasteiger partial charge in [0.05, 0.1) is 20.8 Å². The van der Waals surface area contributed by atoms with E-state index in [-0.39, 0.29) is 0 Å². The largest absolute Gasteiger partial charge is 0.493 e. The van der Waals surface area contributed by atoms with Crippen LogP contribution in [0.5, 0.6) is 17.2 Å². The summed E-state index contributed by atoms with van der Waals surface area (Å²) in [6, 6.07) is 6.25. The van der Waals surface area contributed by atoms with Crippen molar-refractivity contribution in [3.05, 3.63) is 18.2 Å². The molecule has 1 unspecified atom stereocenters. The predicted molar refractivity (Wildman–Crippen MR) is 75.3 cm³/mol. The van der Waals surface area contributed by atoms with Gasteiger partial charge < -0.3 is 19.5 Å². The number of piperidine rings is 1. The summed E-state index contributed by atoms with van der Waals surface area (Å²) in [5.41, 5.74) is 0. The fraction of sp³-hybridized carbons (Fsp3) is 0.600. The van der Waals surface area contributed by atoms with Crippen LogP contribution in [-0.4, -0.2) is 33.4 Å². The van der Waals surface area contributed by atoms with Crippen LogP contribution in [0.4, 0.5) is 0 Å². The van der Waals surface area contributed by atoms with Gasteiger partial charge in [-0.1, -0.05) is 6.42 Å². The standard InChI is InChI=1S/C15H23NO3/c1-17-14-7-6-13(11-15(14)18-2)19-10-8-12-5-3-4-9-16-12/h6-7,11-12,16H,3-5,8-10H2,1-2H3. The molecule has 0 saturated carbocycles. The fourth-order valence-corrected chi connectivity index (χ4v) is 2.40. The van der Waals surface area contributed by atoms with Crippen molar-refractivity contribution in [2.24, 2.45) is 0 Å². The van der Waals surface area contributed by atoms with E-state index in [0.717, 1.165) is 31.1 Å². The Morgan fingerprint density at radius 2 is 2.00 bits per heavy atom. The summed E-state index contributed by atoms with van der Waals surface area (Å²) in [6.45, 7) is 1.87. The summed E-state index contributed by atoms with van der Waals surface area (Å²) in [5.74, 6) is 2.26. The Kier molecular flexibility index (Phi) is 5.33. The van der Waals surface area contributed by atoms with Gasteiger partial charge >= 0.3 is 0 Å². The summed E-state index contributed by atoms with van der Waals surface area (Å²) in [7, 11) is 3.26. The quantitative estimate of drug-likeness (QED) is 0.858. The van der Waals surface area contributed by atoms with Gasteiger partial charge in [-0.15, -0.1) is 0 Å². The van der Waals surface area contributed by atoms with E-state index in [1.807, 2.05) is 18.2 Å². The lowest BCUT2D eigenvalue weighted by molar-refractivity contribution is 0.266. The Balaban J connectivity index is 1.81. The van der Waals surface area contributed by atoms with E-state index < -0.39 is 0 Å². The van der Waals surface area contributed by atoms with Gasteiger partial charge in [0.2, 0.25) is 0 Å². The van der Waals surface area contributed by atoms with Crippen LogP contribution in [0.25, 0.3) is 0 Å². The molecule has 1 N–H and O–H groups in total. The van der Waals surface area contributed by atoms with Crippen LogP contribution < -0.4 is 19.5 Å². The van der Waals surface area contributed by atoms with Crippen molar-refractivity contribution >= 4 is 0 Å². The molecule has 1 fully saturated rings. The van der Waals surface area contributed by atoms with E-state index in [0.29, 0.717) is 11.8 Å². The molecule has 19 heavy (non-hydrogen) atoms. The maximum atomic E-state index is 5.78. The molecule has 0 radical (unpaired) electrons. The van der Waals surface area contributed by atoms with E-state index in [1.54, 1.807) is 14.2 Å². The van der Waals surface area contributed by atoms with Crippen LogP contribution in [0.2, 0.25) is 0 Å². The first-order valence-electron chi connectivity index (χ1n) is 6.91. The average Bonchev–Trinajstić information content (AvgIpc) is 2.48. The van der Waals surface area contributed by atoms with Crippen molar-refractivity contribution in [2.45, 2.75) is 31.7 Å². The number of ether oxygens (including phenoxy) is 3. The first-order chi connectivity index (χ1) is 9.33. The molecule has 1 heterocycles. The molecule has 1 aromatic rings. The smallest absolute Gasteiger partial charge is 0.164 e. The van der Waals surface area contributed by atoms with E-state index in [4.69, 9.17) is 14.2 Å². The first kappa shape index (κ1) is 14.0. The normalized spacial score (nSPS) is 18.9. The monoisotopic (exact) mass is 265 g/mol. The summed E-state index contributed by atoms with van der Waals surface area (Å²) >= 11 is 0. The van der Waals surface area contributed by atoms with Gasteiger partial charge in [-0.2, -0.15) is 0 Å². The molecule has 0 aliphatic carbocycles. The Morgan fingerprint density at radius 3 is 2.68 bits per heavy atom. The van der Waals surface area contributed by atoms with Gasteiger partial charge in [0.15, 0.2) is 11.5 Å². The molecule has 4 nitrogen and oxygen atoms in total. The molecule has 0 amide bonds. The molecule has 2 rings (SSSR count). The minimum atomic E-state index is 0.605. The molecule has 1 atom stereocenters. The van der Waals surface area contributed by atoms with Gasteiger partial charge in [-0.25, -0.2) is 0 Å². The van der Waals surface area contributed by atoms with Gasteiger partial charge in [0, 0.05) is 12.1 Å². The molecular formula is C15H23NO3. The third kappa shape index (κ3) is 4.03. The molecule has 1 aromatic carbocycles. The lowest BCUT2D eigenvalue weighted by Crippen LogP contribution is -2.35. The van der Waals surface area contributed by atoms with E-state index >= 15 is 0 Å². The van der Waals surface area contributed by atoms with Gasteiger partial charge in [-0.05, 0) is 37.9 Å². The first-order valence-corrected chi connectivity index (χ1v) is 6.91. The van der Waals surface area contributed by atoms with Crippen LogP contribution in [0.3, 0.4) is 0 Å². The lowest BCUT2D eigenvalue weighted by Gasteiger charge is -2.23. The molecule has 1 saturated heterocycles. The van der Waals surface area contributed by atoms with Crippen molar-refractivity contribution < 1.29 is 14.2 Å². The number of hydrogen-bond acceptors (Lipinski definition) is 4. The highest BCUT2D eigenvalue weighted by atomic mass is 16.5. The molecule has 0 spiro atoms. The van der Waals surface area contributed by atoms with E-state index in [1.165, 1.54) is 19.3 Å². The fourth-order valence-electron chi connectivity index (χ4n) is 2.40. The second-order valence-corrected chi connectivity index (χ2v) is 4.80. The third-order valence-corrected chi connectivity index (χ3v) is 3.50. The molecule has 0 bridgehead atoms. The molecule has 4 heteroatoms. The predicted octanol–water partition coefficient (Wildman–Crippen LogP) is 2.61. The van der Waals surface area contributed by atoms with Crippen molar-refractivity contribution in [2.75, 3.05) is 27.4 Å². The molecule has 106 valence electrons. The molecule has 0 aromatic heterocycles. The molecule has 1 aliphatic rings. The molecule has 1 aliphatic heterocycles. The van der Waals surface area contributed by atoms with Gasteiger partial charge in [-0.3, -0.25) is 0 Å². The highest BCUT2D eigenvalue weighted by molar-refractivity contribution is 5.45. The minimum absolute atomic E-state index is 0.605. The second-order valence-electron chi connectivity index (χ2n) is 4.80. The van der Waals surface area contributed by atoms with Crippen LogP contribution >= 0.6 is 0 Å². The number of methoxy groups -OCH3 is 2. The van der Waals surface area contributed by atoms with Crippen molar-refractivity contribution in [1.29, 1.82) is 0 Å². The Hall–Kier alpha value is -1.42. The number of hydrogen-bond donors (Lipinski definition) is 1. The summed E-state index contributed by atoms with van der Waals surface area (Å²) < 4.78 is 16.2. The highest BCUT2D eigenvalue weighted by Crippen LogP contribution is 2.30. The van der Waals surface area contributed by atoms with Crippen LogP contribution in [0.1, 0.15) is 25.7 Å². The van der Waals surface area contributed by atoms with E-state index in [2.05, 4.69) is 5.32 Å². The zero-order valence-electron chi connectivity index (χ0n) is 11.8. The number of nitrogens with one attached hydrogen (secondary N) is 1. The summed E-state index contributed by atoms with van der Waals surface area (Å²) in [4.78, 5) is 0. The zero-order valence-corrected chi connectivity index (χ0v) is 11.8. The average molecular weight is 265 g/mol. The Morgan fingerprint density at radius 1 is 1.16 bits per heavy atom. The highest BCUT2D eigenvalue weighted by Gasteiger charge is 2.12. The van der Waals surface area contributed by atoms with Gasteiger partial charge in [0.25, 0.3) is 0 Å². The number of rotatable bonds is 6. The topological polar surface area (TPSA) is 39.7 Å². The molecular weight excluding hydrogens is 242 g/mol. The van der Waals surface area contributed by atoms with Crippen molar-refractivity contribution in [1.82, 2.24) is 5.32 Å². The van der Waals surface area contributed by atoms with Crippen LogP contribution in [-0.2, 0) is 0 Å². The maximum absolute atomic E-state index is 5.78. The maximum Gasteiger partial charge on any atom is 0.164 e. The van der Waals surface area contributed by atoms with E-state index in [9.17, 15) is 0 Å². The van der Waals surface area contributed by atoms with Gasteiger partial charge in [0.1, 0.15) is 5.75 Å². The van der Waals surface area contributed by atoms with Crippen LogP contribution in [0.15, 0.2) is 18.2 Å². The number of benzene rings is 1. The lowest BCUT2D eigenvalue weighted by atomic mass is 10.0. The van der Waals surface area contributed by atoms with Crippen molar-refractivity contribution in [3.63, 3.8) is 0 Å². The second kappa shape index (κ2) is 7.24. The zero-order chi connectivity index (χ0) is 13.5. The van der Waals surface area contributed by atoms with Crippen molar-refractivity contribution in [3.8, 4) is 17.2 Å². The SMILES string of the molecule is COc1ccc(OCCC2CCCCN2)cc1OC. The Bertz CT molecular complexity index is 389. The third-order valence-electron chi connectivity index (χ3n) is 3.50. The van der Waals surface area contributed by atoms with Crippen LogP contribution in [0, 0.1) is 0 Å².